The molecule has 10 nitrogen and oxygen atoms in total. The number of primary amides is 1. The Bertz CT molecular complexity index is 1700. The third-order valence-electron chi connectivity index (χ3n) is 9.26. The van der Waals surface area contributed by atoms with Gasteiger partial charge in [-0.2, -0.15) is 0 Å². The zero-order valence-corrected chi connectivity index (χ0v) is 27.5. The van der Waals surface area contributed by atoms with Crippen LogP contribution in [-0.4, -0.2) is 78.9 Å². The Morgan fingerprint density at radius 2 is 1.02 bits per heavy atom. The first-order valence-electron chi connectivity index (χ1n) is 16.9. The lowest BCUT2D eigenvalue weighted by atomic mass is 10.0. The molecule has 6 rings (SSSR count). The molecule has 0 aromatic heterocycles. The number of amides is 3. The van der Waals surface area contributed by atoms with E-state index in [2.05, 4.69) is 20.4 Å². The third kappa shape index (κ3) is 9.04. The van der Waals surface area contributed by atoms with Crippen molar-refractivity contribution in [3.63, 3.8) is 0 Å². The molecule has 4 N–H and O–H groups in total. The fourth-order valence-electron chi connectivity index (χ4n) is 6.65. The molecule has 2 saturated heterocycles. The summed E-state index contributed by atoms with van der Waals surface area (Å²) in [7, 11) is 0. The molecule has 49 heavy (non-hydrogen) atoms. The first-order valence-corrected chi connectivity index (χ1v) is 16.9. The molecule has 2 aliphatic rings. The van der Waals surface area contributed by atoms with Crippen LogP contribution in [0, 0.1) is 0 Å². The average Bonchev–Trinajstić information content (AvgIpc) is 3.13. The van der Waals surface area contributed by atoms with Crippen LogP contribution < -0.4 is 16.4 Å². The second kappa shape index (κ2) is 16.3. The molecule has 254 valence electrons. The van der Waals surface area contributed by atoms with Gasteiger partial charge in [0.2, 0.25) is 5.91 Å². The van der Waals surface area contributed by atoms with E-state index in [1.807, 2.05) is 109 Å². The van der Waals surface area contributed by atoms with Crippen LogP contribution >= 0.6 is 0 Å². The summed E-state index contributed by atoms with van der Waals surface area (Å²) in [6.45, 7) is 3.06. The number of carbonyl (C=O) groups is 3. The number of hydrogen-bond acceptors (Lipinski definition) is 7. The van der Waals surface area contributed by atoms with Gasteiger partial charge in [-0.1, -0.05) is 97.1 Å². The Kier molecular flexibility index (Phi) is 11.2. The molecule has 0 saturated carbocycles. The second-order valence-electron chi connectivity index (χ2n) is 12.5. The van der Waals surface area contributed by atoms with Crippen LogP contribution in [-0.2, 0) is 14.3 Å². The maximum absolute atomic E-state index is 12.8. The predicted molar refractivity (Wildman–Crippen MR) is 191 cm³/mol. The number of nitrogens with two attached hydrogens (primary N) is 1. The SMILES string of the molecule is NC(=O)C(CN1CCC(OC(=O)Nc2ccccc2-c2ccccc2)CC1)N1CCC(OC(=O)Nc2ccccc2-c2ccccc2)CC1. The summed E-state index contributed by atoms with van der Waals surface area (Å²) in [5, 5.41) is 5.82. The number of carbonyl (C=O) groups excluding carboxylic acids is 3. The number of para-hydroxylation sites is 2. The number of hydrogen-bond donors (Lipinski definition) is 3. The van der Waals surface area contributed by atoms with Gasteiger partial charge in [0.05, 0.1) is 11.4 Å². The van der Waals surface area contributed by atoms with Gasteiger partial charge in [0.25, 0.3) is 0 Å². The Labute approximate surface area is 287 Å². The number of likely N-dealkylation sites (tertiary alicyclic amines) is 2. The van der Waals surface area contributed by atoms with Crippen molar-refractivity contribution in [3.8, 4) is 22.3 Å². The molecule has 4 aromatic carbocycles. The van der Waals surface area contributed by atoms with Crippen molar-refractivity contribution in [1.29, 1.82) is 0 Å². The fourth-order valence-corrected chi connectivity index (χ4v) is 6.65. The molecule has 2 fully saturated rings. The highest BCUT2D eigenvalue weighted by Crippen LogP contribution is 2.29. The summed E-state index contributed by atoms with van der Waals surface area (Å²) >= 11 is 0. The highest BCUT2D eigenvalue weighted by Gasteiger charge is 2.33. The normalized spacial score (nSPS) is 16.7. The van der Waals surface area contributed by atoms with Crippen molar-refractivity contribution >= 4 is 29.5 Å². The predicted octanol–water partition coefficient (Wildman–Crippen LogP) is 6.60. The Morgan fingerprint density at radius 1 is 0.612 bits per heavy atom. The van der Waals surface area contributed by atoms with Crippen LogP contribution in [0.1, 0.15) is 25.7 Å². The third-order valence-corrected chi connectivity index (χ3v) is 9.26. The number of nitrogens with zero attached hydrogens (tertiary/aromatic N) is 2. The Balaban J connectivity index is 0.941. The van der Waals surface area contributed by atoms with Crippen LogP contribution in [0.5, 0.6) is 0 Å². The van der Waals surface area contributed by atoms with Crippen molar-refractivity contribution in [2.45, 2.75) is 43.9 Å². The van der Waals surface area contributed by atoms with Crippen LogP contribution in [0.3, 0.4) is 0 Å². The van der Waals surface area contributed by atoms with E-state index in [1.165, 1.54) is 0 Å². The van der Waals surface area contributed by atoms with E-state index in [0.717, 1.165) is 22.3 Å². The minimum Gasteiger partial charge on any atom is -0.446 e. The van der Waals surface area contributed by atoms with Crippen LogP contribution in [0.4, 0.5) is 21.0 Å². The van der Waals surface area contributed by atoms with Crippen molar-refractivity contribution in [3.05, 3.63) is 109 Å². The lowest BCUT2D eigenvalue weighted by Crippen LogP contribution is -2.55. The van der Waals surface area contributed by atoms with E-state index in [4.69, 9.17) is 15.2 Å². The van der Waals surface area contributed by atoms with Gasteiger partial charge in [-0.05, 0) is 48.9 Å². The molecule has 2 aliphatic heterocycles. The molecule has 2 heterocycles. The van der Waals surface area contributed by atoms with E-state index in [0.29, 0.717) is 69.8 Å². The molecule has 3 amide bonds. The Hall–Kier alpha value is -5.19. The monoisotopic (exact) mass is 661 g/mol. The van der Waals surface area contributed by atoms with Gasteiger partial charge in [-0.25, -0.2) is 9.59 Å². The number of nitrogens with one attached hydrogen (secondary N) is 2. The van der Waals surface area contributed by atoms with Crippen molar-refractivity contribution in [1.82, 2.24) is 9.80 Å². The fraction of sp³-hybridized carbons (Fsp3) is 0.308. The lowest BCUT2D eigenvalue weighted by Gasteiger charge is -2.39. The van der Waals surface area contributed by atoms with Gasteiger partial charge in [0.15, 0.2) is 0 Å². The van der Waals surface area contributed by atoms with E-state index < -0.39 is 18.2 Å². The molecular weight excluding hydrogens is 618 g/mol. The van der Waals surface area contributed by atoms with Crippen LogP contribution in [0.15, 0.2) is 109 Å². The van der Waals surface area contributed by atoms with Gasteiger partial charge in [0, 0.05) is 43.9 Å². The molecule has 10 heteroatoms. The van der Waals surface area contributed by atoms with Gasteiger partial charge >= 0.3 is 12.2 Å². The minimum absolute atomic E-state index is 0.217. The Morgan fingerprint density at radius 3 is 1.47 bits per heavy atom. The molecule has 0 aliphatic carbocycles. The van der Waals surface area contributed by atoms with Crippen molar-refractivity contribution < 1.29 is 23.9 Å². The summed E-state index contributed by atoms with van der Waals surface area (Å²) in [5.74, 6) is -0.371. The molecule has 1 unspecified atom stereocenters. The quantitative estimate of drug-likeness (QED) is 0.175. The molecule has 0 spiro atoms. The summed E-state index contributed by atoms with van der Waals surface area (Å²) in [4.78, 5) is 42.5. The first kappa shape index (κ1) is 33.7. The molecule has 4 aromatic rings. The number of benzene rings is 4. The zero-order valence-electron chi connectivity index (χ0n) is 27.5. The second-order valence-corrected chi connectivity index (χ2v) is 12.5. The largest absolute Gasteiger partial charge is 0.446 e. The summed E-state index contributed by atoms with van der Waals surface area (Å²) < 4.78 is 11.6. The lowest BCUT2D eigenvalue weighted by molar-refractivity contribution is -0.125. The van der Waals surface area contributed by atoms with E-state index in [-0.39, 0.29) is 18.1 Å². The van der Waals surface area contributed by atoms with Gasteiger partial charge in [-0.15, -0.1) is 0 Å². The average molecular weight is 662 g/mol. The summed E-state index contributed by atoms with van der Waals surface area (Å²) in [5.41, 5.74) is 11.1. The maximum Gasteiger partial charge on any atom is 0.411 e. The maximum atomic E-state index is 12.8. The van der Waals surface area contributed by atoms with E-state index in [9.17, 15) is 14.4 Å². The van der Waals surface area contributed by atoms with Gasteiger partial charge in [-0.3, -0.25) is 20.3 Å². The zero-order chi connectivity index (χ0) is 34.0. The number of ether oxygens (including phenoxy) is 2. The first-order chi connectivity index (χ1) is 23.9. The minimum atomic E-state index is -0.493. The number of piperidine rings is 2. The van der Waals surface area contributed by atoms with E-state index in [1.54, 1.807) is 0 Å². The molecular formula is C39H43N5O5. The van der Waals surface area contributed by atoms with Crippen LogP contribution in [0.25, 0.3) is 22.3 Å². The molecule has 1 atom stereocenters. The standard InChI is InChI=1S/C39H43N5O5/c40-37(45)36(44-25-21-31(22-26-44)49-39(47)42-35-18-10-8-16-33(35)29-13-5-2-6-14-29)27-43-23-19-30(20-24-43)48-38(46)41-34-17-9-7-15-32(34)28-11-3-1-4-12-28/h1-18,30-31,36H,19-27H2,(H2,40,45)(H,41,46)(H,42,47). The van der Waals surface area contributed by atoms with Crippen LogP contribution in [0.2, 0.25) is 0 Å². The van der Waals surface area contributed by atoms with Crippen molar-refractivity contribution in [2.75, 3.05) is 43.4 Å². The molecule has 0 bridgehead atoms. The highest BCUT2D eigenvalue weighted by atomic mass is 16.6. The van der Waals surface area contributed by atoms with E-state index >= 15 is 0 Å². The van der Waals surface area contributed by atoms with Gasteiger partial charge < -0.3 is 20.1 Å². The van der Waals surface area contributed by atoms with Crippen molar-refractivity contribution in [2.24, 2.45) is 5.73 Å². The topological polar surface area (TPSA) is 126 Å². The number of rotatable bonds is 10. The molecule has 0 radical (unpaired) electrons. The summed E-state index contributed by atoms with van der Waals surface area (Å²) in [6, 6.07) is 34.6. The van der Waals surface area contributed by atoms with Gasteiger partial charge in [0.1, 0.15) is 18.2 Å². The number of anilines is 2. The highest BCUT2D eigenvalue weighted by molar-refractivity contribution is 5.92. The smallest absolute Gasteiger partial charge is 0.411 e. The summed E-state index contributed by atoms with van der Waals surface area (Å²) in [6.07, 6.45) is 1.10.